The van der Waals surface area contributed by atoms with Crippen LogP contribution in [-0.4, -0.2) is 11.6 Å². The number of carbonyl (C=O) groups excluding carboxylic acids is 1. The van der Waals surface area contributed by atoms with E-state index in [2.05, 4.69) is 27.7 Å². The molecule has 1 aliphatic carbocycles. The van der Waals surface area contributed by atoms with Crippen LogP contribution >= 0.6 is 0 Å². The molecule has 1 saturated carbocycles. The van der Waals surface area contributed by atoms with Crippen LogP contribution in [-0.2, 0) is 9.53 Å². The van der Waals surface area contributed by atoms with Crippen molar-refractivity contribution in [2.75, 3.05) is 0 Å². The molecule has 0 spiro atoms. The van der Waals surface area contributed by atoms with Gasteiger partial charge in [0.2, 0.25) is 0 Å². The Bertz CT molecular complexity index is 274. The number of cyclic esters (lactones) is 1. The Morgan fingerprint density at radius 1 is 1.20 bits per heavy atom. The second-order valence-electron chi connectivity index (χ2n) is 5.76. The van der Waals surface area contributed by atoms with Gasteiger partial charge in [-0.15, -0.1) is 0 Å². The van der Waals surface area contributed by atoms with Gasteiger partial charge >= 0.3 is 5.97 Å². The zero-order chi connectivity index (χ0) is 11.3. The Balaban J connectivity index is 2.23. The van der Waals surface area contributed by atoms with Crippen molar-refractivity contribution < 1.29 is 9.53 Å². The average Bonchev–Trinajstić information content (AvgIpc) is 2.56. The Labute approximate surface area is 92.4 Å². The van der Waals surface area contributed by atoms with Crippen molar-refractivity contribution >= 4 is 5.97 Å². The molecule has 15 heavy (non-hydrogen) atoms. The van der Waals surface area contributed by atoms with Gasteiger partial charge in [0.25, 0.3) is 0 Å². The van der Waals surface area contributed by atoms with Crippen LogP contribution in [0.5, 0.6) is 0 Å². The third kappa shape index (κ3) is 1.33. The lowest BCUT2D eigenvalue weighted by Crippen LogP contribution is -2.36. The lowest BCUT2D eigenvalue weighted by atomic mass is 9.84. The van der Waals surface area contributed by atoms with Crippen molar-refractivity contribution in [1.29, 1.82) is 0 Å². The van der Waals surface area contributed by atoms with E-state index < -0.39 is 0 Å². The monoisotopic (exact) mass is 210 g/mol. The van der Waals surface area contributed by atoms with Gasteiger partial charge in [0, 0.05) is 5.92 Å². The highest BCUT2D eigenvalue weighted by atomic mass is 16.6. The van der Waals surface area contributed by atoms with Crippen LogP contribution in [0.3, 0.4) is 0 Å². The Kier molecular flexibility index (Phi) is 2.36. The Morgan fingerprint density at radius 3 is 2.07 bits per heavy atom. The molecular weight excluding hydrogens is 188 g/mol. The molecule has 0 aromatic rings. The van der Waals surface area contributed by atoms with Crippen LogP contribution in [0.1, 0.15) is 53.4 Å². The number of carbonyl (C=O) groups is 1. The van der Waals surface area contributed by atoms with Gasteiger partial charge in [-0.05, 0) is 18.3 Å². The molecule has 2 rings (SSSR count). The zero-order valence-corrected chi connectivity index (χ0v) is 10.3. The summed E-state index contributed by atoms with van der Waals surface area (Å²) >= 11 is 0. The van der Waals surface area contributed by atoms with Crippen LogP contribution in [0.4, 0.5) is 0 Å². The summed E-state index contributed by atoms with van der Waals surface area (Å²) in [5.74, 6) is 0.736. The quantitative estimate of drug-likeness (QED) is 0.666. The largest absolute Gasteiger partial charge is 0.458 e. The van der Waals surface area contributed by atoms with E-state index in [-0.39, 0.29) is 22.9 Å². The molecule has 2 fully saturated rings. The van der Waals surface area contributed by atoms with E-state index in [0.717, 1.165) is 25.7 Å². The summed E-state index contributed by atoms with van der Waals surface area (Å²) in [5, 5.41) is 0. The van der Waals surface area contributed by atoms with Gasteiger partial charge in [-0.2, -0.15) is 0 Å². The maximum atomic E-state index is 11.8. The fraction of sp³-hybridized carbons (Fsp3) is 0.923. The van der Waals surface area contributed by atoms with Gasteiger partial charge in [0.05, 0.1) is 5.92 Å². The number of ether oxygens (including phenoxy) is 1. The second-order valence-corrected chi connectivity index (χ2v) is 5.76. The predicted molar refractivity (Wildman–Crippen MR) is 59.4 cm³/mol. The highest BCUT2D eigenvalue weighted by Crippen LogP contribution is 2.70. The molecule has 2 aliphatic rings. The fourth-order valence-electron chi connectivity index (χ4n) is 3.77. The fourth-order valence-corrected chi connectivity index (χ4v) is 3.77. The van der Waals surface area contributed by atoms with Crippen LogP contribution in [0.15, 0.2) is 0 Å². The highest BCUT2D eigenvalue weighted by molar-refractivity contribution is 5.81. The molecule has 0 N–H and O–H groups in total. The third-order valence-electron chi connectivity index (χ3n) is 4.30. The summed E-state index contributed by atoms with van der Waals surface area (Å²) in [6.45, 7) is 8.77. The predicted octanol–water partition coefficient (Wildman–Crippen LogP) is 3.15. The van der Waals surface area contributed by atoms with E-state index in [1.807, 2.05) is 0 Å². The molecule has 2 atom stereocenters. The zero-order valence-electron chi connectivity index (χ0n) is 10.3. The van der Waals surface area contributed by atoms with Crippen molar-refractivity contribution in [2.45, 2.75) is 59.0 Å². The summed E-state index contributed by atoms with van der Waals surface area (Å²) < 4.78 is 5.69. The summed E-state index contributed by atoms with van der Waals surface area (Å²) in [6, 6.07) is 0. The normalized spacial score (nSPS) is 34.8. The molecule has 1 aliphatic heterocycles. The van der Waals surface area contributed by atoms with Crippen molar-refractivity contribution in [1.82, 2.24) is 0 Å². The summed E-state index contributed by atoms with van der Waals surface area (Å²) in [6.07, 6.45) is 4.29. The maximum absolute atomic E-state index is 11.8. The minimum atomic E-state index is -0.116. The minimum Gasteiger partial charge on any atom is -0.458 e. The number of rotatable bonds is 4. The van der Waals surface area contributed by atoms with Crippen LogP contribution in [0.25, 0.3) is 0 Å². The lowest BCUT2D eigenvalue weighted by Gasteiger charge is -2.32. The van der Waals surface area contributed by atoms with E-state index in [1.54, 1.807) is 0 Å². The Morgan fingerprint density at radius 2 is 1.73 bits per heavy atom. The van der Waals surface area contributed by atoms with Gasteiger partial charge in [0.15, 0.2) is 0 Å². The van der Waals surface area contributed by atoms with E-state index >= 15 is 0 Å². The average molecular weight is 210 g/mol. The first kappa shape index (κ1) is 11.0. The molecule has 2 heteroatoms. The molecule has 2 unspecified atom stereocenters. The molecule has 0 amide bonds. The molecule has 0 bridgehead atoms. The number of hydrogen-bond acceptors (Lipinski definition) is 2. The number of fused-ring (bicyclic) bond motifs is 1. The summed E-state index contributed by atoms with van der Waals surface area (Å²) in [7, 11) is 0. The van der Waals surface area contributed by atoms with Crippen LogP contribution in [0.2, 0.25) is 0 Å². The standard InChI is InChI=1S/C13H22O2/c1-5-7-13(8-6-2)10-9(11(14)15-13)12(10,3)4/h9-10H,5-8H2,1-4H3. The molecule has 86 valence electrons. The van der Waals surface area contributed by atoms with E-state index in [1.165, 1.54) is 0 Å². The first-order valence-corrected chi connectivity index (χ1v) is 6.22. The summed E-state index contributed by atoms with van der Waals surface area (Å²) in [4.78, 5) is 11.8. The lowest BCUT2D eigenvalue weighted by molar-refractivity contribution is -0.158. The smallest absolute Gasteiger partial charge is 0.310 e. The van der Waals surface area contributed by atoms with Crippen molar-refractivity contribution in [2.24, 2.45) is 17.3 Å². The molecule has 2 nitrogen and oxygen atoms in total. The number of hydrogen-bond donors (Lipinski definition) is 0. The second kappa shape index (κ2) is 3.23. The molecule has 1 heterocycles. The van der Waals surface area contributed by atoms with E-state index in [0.29, 0.717) is 5.92 Å². The molecule has 1 saturated heterocycles. The van der Waals surface area contributed by atoms with Crippen LogP contribution < -0.4 is 0 Å². The van der Waals surface area contributed by atoms with Crippen molar-refractivity contribution in [3.63, 3.8) is 0 Å². The maximum Gasteiger partial charge on any atom is 0.310 e. The molecule has 0 radical (unpaired) electrons. The molecule has 0 aromatic heterocycles. The van der Waals surface area contributed by atoms with E-state index in [9.17, 15) is 4.79 Å². The summed E-state index contributed by atoms with van der Waals surface area (Å²) in [5.41, 5.74) is 0.0778. The Hall–Kier alpha value is -0.530. The van der Waals surface area contributed by atoms with Crippen molar-refractivity contribution in [3.05, 3.63) is 0 Å². The van der Waals surface area contributed by atoms with Crippen LogP contribution in [0, 0.1) is 17.3 Å². The van der Waals surface area contributed by atoms with Crippen molar-refractivity contribution in [3.8, 4) is 0 Å². The van der Waals surface area contributed by atoms with Gasteiger partial charge in [0.1, 0.15) is 5.60 Å². The first-order valence-electron chi connectivity index (χ1n) is 6.22. The van der Waals surface area contributed by atoms with E-state index in [4.69, 9.17) is 4.74 Å². The molecular formula is C13H22O2. The van der Waals surface area contributed by atoms with Gasteiger partial charge in [-0.3, -0.25) is 4.79 Å². The number of esters is 1. The molecule has 0 aromatic carbocycles. The van der Waals surface area contributed by atoms with Gasteiger partial charge in [-0.1, -0.05) is 40.5 Å². The van der Waals surface area contributed by atoms with Gasteiger partial charge < -0.3 is 4.74 Å². The minimum absolute atomic E-state index is 0.0619. The first-order chi connectivity index (χ1) is 6.99. The highest BCUT2D eigenvalue weighted by Gasteiger charge is 2.75. The van der Waals surface area contributed by atoms with Gasteiger partial charge in [-0.25, -0.2) is 0 Å². The SMILES string of the molecule is CCCC1(CCC)OC(=O)C2C1C2(C)C. The topological polar surface area (TPSA) is 26.3 Å². The third-order valence-corrected chi connectivity index (χ3v) is 4.30.